The molecule has 0 aromatic rings. The van der Waals surface area contributed by atoms with Gasteiger partial charge in [0.25, 0.3) is 0 Å². The Labute approximate surface area is 107 Å². The van der Waals surface area contributed by atoms with Crippen molar-refractivity contribution in [2.24, 2.45) is 11.7 Å². The average molecular weight is 242 g/mol. The number of piperidine rings is 1. The van der Waals surface area contributed by atoms with Crippen LogP contribution in [0.4, 0.5) is 0 Å². The van der Waals surface area contributed by atoms with Crippen LogP contribution in [0.5, 0.6) is 0 Å². The molecule has 1 fully saturated rings. The summed E-state index contributed by atoms with van der Waals surface area (Å²) in [5.74, 6) is 0.807. The molecule has 1 aliphatic heterocycles. The van der Waals surface area contributed by atoms with E-state index in [0.717, 1.165) is 18.9 Å². The molecule has 0 aliphatic carbocycles. The van der Waals surface area contributed by atoms with Gasteiger partial charge in [-0.15, -0.1) is 0 Å². The van der Waals surface area contributed by atoms with Gasteiger partial charge in [-0.2, -0.15) is 0 Å². The fourth-order valence-corrected chi connectivity index (χ4v) is 2.89. The summed E-state index contributed by atoms with van der Waals surface area (Å²) in [6.45, 7) is 9.96. The van der Waals surface area contributed by atoms with Gasteiger partial charge in [-0.1, -0.05) is 0 Å². The Morgan fingerprint density at radius 1 is 1.47 bits per heavy atom. The number of nitrogens with two attached hydrogens (primary N) is 1. The predicted octanol–water partition coefficient (Wildman–Crippen LogP) is 2.25. The smallest absolute Gasteiger partial charge is 0.0637 e. The zero-order valence-corrected chi connectivity index (χ0v) is 12.0. The molecule has 102 valence electrons. The van der Waals surface area contributed by atoms with Gasteiger partial charge in [-0.25, -0.2) is 0 Å². The zero-order chi connectivity index (χ0) is 12.9. The second-order valence-electron chi connectivity index (χ2n) is 6.10. The van der Waals surface area contributed by atoms with Crippen molar-refractivity contribution in [3.8, 4) is 0 Å². The Bertz CT molecular complexity index is 216. The molecule has 17 heavy (non-hydrogen) atoms. The summed E-state index contributed by atoms with van der Waals surface area (Å²) >= 11 is 0. The van der Waals surface area contributed by atoms with Gasteiger partial charge in [0.05, 0.1) is 5.60 Å². The maximum absolute atomic E-state index is 5.67. The monoisotopic (exact) mass is 242 g/mol. The van der Waals surface area contributed by atoms with Gasteiger partial charge in [0.2, 0.25) is 0 Å². The van der Waals surface area contributed by atoms with Crippen molar-refractivity contribution in [3.63, 3.8) is 0 Å². The Hall–Kier alpha value is -0.120. The molecular formula is C14H30N2O. The van der Waals surface area contributed by atoms with Crippen LogP contribution >= 0.6 is 0 Å². The van der Waals surface area contributed by atoms with E-state index in [-0.39, 0.29) is 5.60 Å². The molecule has 0 bridgehead atoms. The molecule has 0 spiro atoms. The van der Waals surface area contributed by atoms with E-state index in [1.807, 2.05) is 0 Å². The molecule has 0 aromatic heterocycles. The highest BCUT2D eigenvalue weighted by atomic mass is 16.5. The first kappa shape index (κ1) is 14.9. The molecule has 0 amide bonds. The topological polar surface area (TPSA) is 38.5 Å². The molecule has 1 saturated heterocycles. The van der Waals surface area contributed by atoms with Gasteiger partial charge in [0.1, 0.15) is 0 Å². The summed E-state index contributed by atoms with van der Waals surface area (Å²) in [6, 6.07) is 0.602. The lowest BCUT2D eigenvalue weighted by Crippen LogP contribution is -2.44. The summed E-state index contributed by atoms with van der Waals surface area (Å²) in [6.07, 6.45) is 4.95. The van der Waals surface area contributed by atoms with E-state index in [4.69, 9.17) is 10.5 Å². The lowest BCUT2D eigenvalue weighted by molar-refractivity contribution is -0.0120. The van der Waals surface area contributed by atoms with Crippen molar-refractivity contribution in [2.45, 2.75) is 58.1 Å². The van der Waals surface area contributed by atoms with Crippen molar-refractivity contribution in [1.29, 1.82) is 0 Å². The molecule has 2 atom stereocenters. The minimum Gasteiger partial charge on any atom is -0.379 e. The van der Waals surface area contributed by atoms with Crippen molar-refractivity contribution in [3.05, 3.63) is 0 Å². The molecule has 0 radical (unpaired) electrons. The summed E-state index contributed by atoms with van der Waals surface area (Å²) in [7, 11) is 1.81. The van der Waals surface area contributed by atoms with Gasteiger partial charge in [-0.3, -0.25) is 0 Å². The highest BCUT2D eigenvalue weighted by molar-refractivity contribution is 4.82. The summed E-state index contributed by atoms with van der Waals surface area (Å²) in [5.41, 5.74) is 5.65. The zero-order valence-electron chi connectivity index (χ0n) is 12.0. The molecule has 0 aromatic carbocycles. The third-order valence-corrected chi connectivity index (χ3v) is 4.09. The van der Waals surface area contributed by atoms with E-state index in [9.17, 15) is 0 Å². The number of hydrogen-bond acceptors (Lipinski definition) is 3. The van der Waals surface area contributed by atoms with Crippen LogP contribution in [0.25, 0.3) is 0 Å². The van der Waals surface area contributed by atoms with Gasteiger partial charge in [-0.05, 0) is 65.5 Å². The second kappa shape index (κ2) is 6.72. The van der Waals surface area contributed by atoms with E-state index in [1.165, 1.54) is 32.4 Å². The number of methoxy groups -OCH3 is 1. The first-order valence-electron chi connectivity index (χ1n) is 6.98. The highest BCUT2D eigenvalue weighted by Crippen LogP contribution is 2.25. The number of rotatable bonds is 6. The number of nitrogens with zero attached hydrogens (tertiary/aromatic N) is 1. The van der Waals surface area contributed by atoms with E-state index >= 15 is 0 Å². The third-order valence-electron chi connectivity index (χ3n) is 4.09. The summed E-state index contributed by atoms with van der Waals surface area (Å²) in [4.78, 5) is 2.62. The van der Waals surface area contributed by atoms with Crippen LogP contribution in [-0.2, 0) is 4.74 Å². The molecule has 1 heterocycles. The molecule has 1 aliphatic rings. The normalized spacial score (nSPS) is 24.9. The van der Waals surface area contributed by atoms with Crippen LogP contribution in [0.15, 0.2) is 0 Å². The van der Waals surface area contributed by atoms with E-state index in [0.29, 0.717) is 6.04 Å². The number of hydrogen-bond donors (Lipinski definition) is 1. The first-order valence-corrected chi connectivity index (χ1v) is 6.98. The Morgan fingerprint density at radius 3 is 2.76 bits per heavy atom. The second-order valence-corrected chi connectivity index (χ2v) is 6.10. The molecule has 2 N–H and O–H groups in total. The fourth-order valence-electron chi connectivity index (χ4n) is 2.89. The third kappa shape index (κ3) is 4.94. The van der Waals surface area contributed by atoms with Gasteiger partial charge in [0, 0.05) is 19.7 Å². The molecule has 3 nitrogen and oxygen atoms in total. The molecular weight excluding hydrogens is 212 g/mol. The largest absolute Gasteiger partial charge is 0.379 e. The summed E-state index contributed by atoms with van der Waals surface area (Å²) < 4.78 is 5.53. The lowest BCUT2D eigenvalue weighted by Gasteiger charge is -2.39. The minimum absolute atomic E-state index is 0.0137. The quantitative estimate of drug-likeness (QED) is 0.776. The van der Waals surface area contributed by atoms with E-state index in [2.05, 4.69) is 25.7 Å². The minimum atomic E-state index is -0.0137. The summed E-state index contributed by atoms with van der Waals surface area (Å²) in [5, 5.41) is 0. The van der Waals surface area contributed by atoms with Crippen LogP contribution in [0, 0.1) is 5.92 Å². The fraction of sp³-hybridized carbons (Fsp3) is 1.00. The lowest BCUT2D eigenvalue weighted by atomic mass is 9.91. The number of likely N-dealkylation sites (tertiary alicyclic amines) is 1. The van der Waals surface area contributed by atoms with E-state index in [1.54, 1.807) is 7.11 Å². The van der Waals surface area contributed by atoms with E-state index < -0.39 is 0 Å². The van der Waals surface area contributed by atoms with Crippen molar-refractivity contribution in [1.82, 2.24) is 4.90 Å². The SMILES string of the molecule is COC(C)(C)CC(C)N1CCCC(CCN)C1. The van der Waals surface area contributed by atoms with Gasteiger partial charge < -0.3 is 15.4 Å². The Morgan fingerprint density at radius 2 is 2.18 bits per heavy atom. The average Bonchev–Trinajstić information content (AvgIpc) is 2.29. The van der Waals surface area contributed by atoms with Crippen LogP contribution in [0.2, 0.25) is 0 Å². The van der Waals surface area contributed by atoms with Gasteiger partial charge >= 0.3 is 0 Å². The van der Waals surface area contributed by atoms with Crippen molar-refractivity contribution in [2.75, 3.05) is 26.7 Å². The molecule has 3 heteroatoms. The Kier molecular flexibility index (Phi) is 5.90. The first-order chi connectivity index (χ1) is 7.98. The Balaban J connectivity index is 2.43. The predicted molar refractivity (Wildman–Crippen MR) is 73.1 cm³/mol. The molecule has 0 saturated carbocycles. The molecule has 1 rings (SSSR count). The van der Waals surface area contributed by atoms with Crippen molar-refractivity contribution < 1.29 is 4.74 Å². The molecule has 2 unspecified atom stereocenters. The van der Waals surface area contributed by atoms with Crippen LogP contribution in [-0.4, -0.2) is 43.3 Å². The maximum atomic E-state index is 5.67. The van der Waals surface area contributed by atoms with Crippen LogP contribution in [0.1, 0.15) is 46.5 Å². The van der Waals surface area contributed by atoms with Crippen LogP contribution in [0.3, 0.4) is 0 Å². The number of ether oxygens (including phenoxy) is 1. The van der Waals surface area contributed by atoms with Crippen molar-refractivity contribution >= 4 is 0 Å². The highest BCUT2D eigenvalue weighted by Gasteiger charge is 2.27. The standard InChI is InChI=1S/C14H30N2O/c1-12(10-14(2,3)17-4)16-9-5-6-13(11-16)7-8-15/h12-13H,5-11,15H2,1-4H3. The maximum Gasteiger partial charge on any atom is 0.0637 e. The van der Waals surface area contributed by atoms with Gasteiger partial charge in [0.15, 0.2) is 0 Å². The van der Waals surface area contributed by atoms with Crippen LogP contribution < -0.4 is 5.73 Å².